The van der Waals surface area contributed by atoms with Gasteiger partial charge >= 0.3 is 0 Å². The molecule has 0 radical (unpaired) electrons. The first-order valence-corrected chi connectivity index (χ1v) is 9.81. The predicted molar refractivity (Wildman–Crippen MR) is 106 cm³/mol. The van der Waals surface area contributed by atoms with Crippen LogP contribution in [0, 0.1) is 17.8 Å². The van der Waals surface area contributed by atoms with Crippen LogP contribution in [0.5, 0.6) is 0 Å². The lowest BCUT2D eigenvalue weighted by Crippen LogP contribution is -2.15. The summed E-state index contributed by atoms with van der Waals surface area (Å²) in [5.41, 5.74) is 2.07. The van der Waals surface area contributed by atoms with E-state index in [1.54, 1.807) is 17.4 Å². The summed E-state index contributed by atoms with van der Waals surface area (Å²) >= 11 is 7.76. The third kappa shape index (κ3) is 3.42. The van der Waals surface area contributed by atoms with E-state index >= 15 is 0 Å². The maximum Gasteiger partial charge on any atom is 0.206 e. The molecule has 2 bridgehead atoms. The average Bonchev–Trinajstić information content (AvgIpc) is 3.33. The van der Waals surface area contributed by atoms with Gasteiger partial charge in [-0.25, -0.2) is 4.68 Å². The van der Waals surface area contributed by atoms with Crippen LogP contribution in [0.3, 0.4) is 0 Å². The Bertz CT molecular complexity index is 906. The molecular formula is C20H20ClN3S. The van der Waals surface area contributed by atoms with Gasteiger partial charge in [-0.3, -0.25) is 4.99 Å². The third-order valence-corrected chi connectivity index (χ3v) is 5.95. The Morgan fingerprint density at radius 3 is 2.96 bits per heavy atom. The van der Waals surface area contributed by atoms with E-state index in [0.717, 1.165) is 27.0 Å². The van der Waals surface area contributed by atoms with Gasteiger partial charge in [-0.1, -0.05) is 42.0 Å². The van der Waals surface area contributed by atoms with E-state index in [-0.39, 0.29) is 0 Å². The number of allylic oxidation sites excluding steroid dienone is 2. The van der Waals surface area contributed by atoms with Crippen LogP contribution in [0.1, 0.15) is 12.8 Å². The summed E-state index contributed by atoms with van der Waals surface area (Å²) in [6.45, 7) is 4.34. The fourth-order valence-electron chi connectivity index (χ4n) is 3.65. The van der Waals surface area contributed by atoms with Crippen molar-refractivity contribution in [1.29, 1.82) is 0 Å². The molecule has 2 aliphatic rings. The quantitative estimate of drug-likeness (QED) is 0.524. The molecule has 128 valence electrons. The van der Waals surface area contributed by atoms with Gasteiger partial charge in [0.15, 0.2) is 0 Å². The van der Waals surface area contributed by atoms with Gasteiger partial charge in [0.1, 0.15) is 0 Å². The first-order chi connectivity index (χ1) is 12.2. The summed E-state index contributed by atoms with van der Waals surface area (Å²) in [6.07, 6.45) is 11.1. The topological polar surface area (TPSA) is 29.6 Å². The average molecular weight is 370 g/mol. The number of hydrogen-bond donors (Lipinski definition) is 0. The van der Waals surface area contributed by atoms with Crippen molar-refractivity contribution in [3.8, 4) is 11.3 Å². The SMILES string of the molecule is C=CCN=c1scc(-c2cccc(Cl)c2)n1N=CC1CC2C=CC1C2. The molecule has 0 aliphatic heterocycles. The molecular weight excluding hydrogens is 350 g/mol. The van der Waals surface area contributed by atoms with Crippen molar-refractivity contribution >= 4 is 29.2 Å². The molecule has 0 saturated heterocycles. The summed E-state index contributed by atoms with van der Waals surface area (Å²) in [4.78, 5) is 5.47. The Hall–Kier alpha value is -1.91. The molecule has 25 heavy (non-hydrogen) atoms. The molecule has 2 aromatic rings. The number of halogens is 1. The van der Waals surface area contributed by atoms with Crippen molar-refractivity contribution in [2.45, 2.75) is 12.8 Å². The molecule has 0 N–H and O–H groups in total. The number of rotatable bonds is 5. The van der Waals surface area contributed by atoms with E-state index in [9.17, 15) is 0 Å². The van der Waals surface area contributed by atoms with Crippen LogP contribution >= 0.6 is 22.9 Å². The first kappa shape index (κ1) is 16.6. The molecule has 0 amide bonds. The van der Waals surface area contributed by atoms with Gasteiger partial charge < -0.3 is 0 Å². The van der Waals surface area contributed by atoms with Crippen LogP contribution in [0.15, 0.2) is 64.5 Å². The van der Waals surface area contributed by atoms with Crippen LogP contribution in [0.4, 0.5) is 0 Å². The maximum absolute atomic E-state index is 6.17. The lowest BCUT2D eigenvalue weighted by atomic mass is 9.95. The van der Waals surface area contributed by atoms with E-state index < -0.39 is 0 Å². The Morgan fingerprint density at radius 1 is 1.32 bits per heavy atom. The van der Waals surface area contributed by atoms with Gasteiger partial charge in [0.05, 0.1) is 12.2 Å². The molecule has 1 fully saturated rings. The molecule has 3 unspecified atom stereocenters. The first-order valence-electron chi connectivity index (χ1n) is 8.55. The zero-order valence-electron chi connectivity index (χ0n) is 13.9. The van der Waals surface area contributed by atoms with E-state index in [1.807, 2.05) is 22.9 Å². The smallest absolute Gasteiger partial charge is 0.206 e. The van der Waals surface area contributed by atoms with Crippen molar-refractivity contribution in [2.24, 2.45) is 27.8 Å². The van der Waals surface area contributed by atoms with Crippen molar-refractivity contribution in [3.63, 3.8) is 0 Å². The molecule has 0 spiro atoms. The molecule has 3 nitrogen and oxygen atoms in total. The summed E-state index contributed by atoms with van der Waals surface area (Å²) in [5.74, 6) is 1.92. The fourth-order valence-corrected chi connectivity index (χ4v) is 4.69. The summed E-state index contributed by atoms with van der Waals surface area (Å²) in [6, 6.07) is 7.87. The Labute approximate surface area is 156 Å². The lowest BCUT2D eigenvalue weighted by Gasteiger charge is -2.12. The van der Waals surface area contributed by atoms with Crippen molar-refractivity contribution in [3.05, 3.63) is 64.3 Å². The second-order valence-corrected chi connectivity index (χ2v) is 7.84. The highest BCUT2D eigenvalue weighted by Crippen LogP contribution is 2.42. The minimum Gasteiger partial charge on any atom is -0.253 e. The zero-order chi connectivity index (χ0) is 17.2. The fraction of sp³-hybridized carbons (Fsp3) is 0.300. The Kier molecular flexibility index (Phi) is 4.73. The highest BCUT2D eigenvalue weighted by molar-refractivity contribution is 7.07. The van der Waals surface area contributed by atoms with Crippen LogP contribution in [-0.2, 0) is 0 Å². The van der Waals surface area contributed by atoms with Gasteiger partial charge in [-0.05, 0) is 36.8 Å². The van der Waals surface area contributed by atoms with E-state index in [4.69, 9.17) is 16.7 Å². The predicted octanol–water partition coefficient (Wildman–Crippen LogP) is 5.00. The number of benzene rings is 1. The number of thiazole rings is 1. The largest absolute Gasteiger partial charge is 0.253 e. The lowest BCUT2D eigenvalue weighted by molar-refractivity contribution is 0.590. The molecule has 1 saturated carbocycles. The maximum atomic E-state index is 6.17. The van der Waals surface area contributed by atoms with Crippen LogP contribution in [0.2, 0.25) is 5.02 Å². The third-order valence-electron chi connectivity index (χ3n) is 4.87. The van der Waals surface area contributed by atoms with Crippen LogP contribution < -0.4 is 4.80 Å². The minimum absolute atomic E-state index is 0.530. The molecule has 5 heteroatoms. The standard InChI is InChI=1S/C20H20ClN3S/c1-2-8-22-20-24(23-12-17-10-14-6-7-15(17)9-14)19(13-25-20)16-4-3-5-18(21)11-16/h2-7,11-15,17H,1,8-10H2. The summed E-state index contributed by atoms with van der Waals surface area (Å²) in [7, 11) is 0. The van der Waals surface area contributed by atoms with Gasteiger partial charge in [-0.15, -0.1) is 17.9 Å². The van der Waals surface area contributed by atoms with E-state index in [2.05, 4.69) is 41.4 Å². The highest BCUT2D eigenvalue weighted by atomic mass is 35.5. The van der Waals surface area contributed by atoms with Crippen LogP contribution in [-0.4, -0.2) is 17.4 Å². The molecule has 1 aromatic carbocycles. The van der Waals surface area contributed by atoms with Crippen molar-refractivity contribution in [2.75, 3.05) is 6.54 Å². The van der Waals surface area contributed by atoms with E-state index in [1.165, 1.54) is 12.8 Å². The number of hydrogen-bond acceptors (Lipinski definition) is 3. The normalized spacial score (nSPS) is 25.3. The molecule has 3 atom stereocenters. The van der Waals surface area contributed by atoms with Gasteiger partial charge in [0.2, 0.25) is 4.80 Å². The number of fused-ring (bicyclic) bond motifs is 2. The van der Waals surface area contributed by atoms with Gasteiger partial charge in [0.25, 0.3) is 0 Å². The van der Waals surface area contributed by atoms with E-state index in [0.29, 0.717) is 18.4 Å². The minimum atomic E-state index is 0.530. The second-order valence-electron chi connectivity index (χ2n) is 6.56. The van der Waals surface area contributed by atoms with Crippen molar-refractivity contribution in [1.82, 2.24) is 4.68 Å². The van der Waals surface area contributed by atoms with Gasteiger partial charge in [-0.2, -0.15) is 5.10 Å². The second kappa shape index (κ2) is 7.14. The molecule has 1 heterocycles. The molecule has 2 aliphatic carbocycles. The summed E-state index contributed by atoms with van der Waals surface area (Å²) < 4.78 is 1.94. The van der Waals surface area contributed by atoms with Crippen LogP contribution in [0.25, 0.3) is 11.3 Å². The highest BCUT2D eigenvalue weighted by Gasteiger charge is 2.34. The zero-order valence-corrected chi connectivity index (χ0v) is 15.5. The monoisotopic (exact) mass is 369 g/mol. The summed E-state index contributed by atoms with van der Waals surface area (Å²) in [5, 5.41) is 7.64. The van der Waals surface area contributed by atoms with Gasteiger partial charge in [0, 0.05) is 28.1 Å². The number of nitrogens with zero attached hydrogens (tertiary/aromatic N) is 3. The Morgan fingerprint density at radius 2 is 2.24 bits per heavy atom. The Balaban J connectivity index is 1.72. The molecule has 1 aromatic heterocycles. The molecule has 4 rings (SSSR count). The number of aromatic nitrogens is 1. The van der Waals surface area contributed by atoms with Crippen molar-refractivity contribution < 1.29 is 0 Å².